The van der Waals surface area contributed by atoms with E-state index in [2.05, 4.69) is 5.32 Å². The first kappa shape index (κ1) is 17.0. The van der Waals surface area contributed by atoms with Gasteiger partial charge in [-0.15, -0.1) is 0 Å². The fraction of sp³-hybridized carbons (Fsp3) is 0.385. The first-order valence-electron chi connectivity index (χ1n) is 6.02. The zero-order valence-electron chi connectivity index (χ0n) is 11.2. The van der Waals surface area contributed by atoms with Gasteiger partial charge in [0, 0.05) is 6.54 Å². The molecular weight excluding hydrogens is 289 g/mol. The average molecular weight is 304 g/mol. The number of hydrogen-bond acceptors (Lipinski definition) is 3. The maximum Gasteiger partial charge on any atom is 0.415 e. The van der Waals surface area contributed by atoms with E-state index in [0.29, 0.717) is 12.5 Å². The summed E-state index contributed by atoms with van der Waals surface area (Å²) in [5.74, 6) is -2.38. The highest BCUT2D eigenvalue weighted by Crippen LogP contribution is 2.27. The van der Waals surface area contributed by atoms with Crippen molar-refractivity contribution >= 4 is 11.9 Å². The number of hydrogen-bond donors (Lipinski definition) is 3. The Morgan fingerprint density at radius 1 is 1.24 bits per heavy atom. The normalized spacial score (nSPS) is 14.3. The fourth-order valence-electron chi connectivity index (χ4n) is 1.45. The van der Waals surface area contributed by atoms with Crippen LogP contribution in [0.4, 0.5) is 13.2 Å². The Hall–Kier alpha value is -2.09. The zero-order valence-corrected chi connectivity index (χ0v) is 11.2. The van der Waals surface area contributed by atoms with Crippen molar-refractivity contribution in [3.05, 3.63) is 35.4 Å². The summed E-state index contributed by atoms with van der Waals surface area (Å²) < 4.78 is 37.5. The molecule has 0 aliphatic rings. The monoisotopic (exact) mass is 304 g/mol. The highest BCUT2D eigenvalue weighted by molar-refractivity contribution is 5.87. The van der Waals surface area contributed by atoms with Crippen molar-refractivity contribution in [2.24, 2.45) is 5.73 Å². The number of halogens is 3. The third kappa shape index (κ3) is 4.19. The predicted octanol–water partition coefficient (Wildman–Crippen LogP) is 1.32. The second-order valence-electron chi connectivity index (χ2n) is 4.71. The number of carboxylic acid groups (broad SMARTS) is 1. The predicted molar refractivity (Wildman–Crippen MR) is 68.8 cm³/mol. The van der Waals surface area contributed by atoms with Crippen molar-refractivity contribution in [3.63, 3.8) is 0 Å². The second kappa shape index (κ2) is 6.13. The van der Waals surface area contributed by atoms with Gasteiger partial charge in [-0.3, -0.25) is 4.79 Å². The number of amides is 1. The minimum absolute atomic E-state index is 0.0336. The van der Waals surface area contributed by atoms with Gasteiger partial charge in [0.15, 0.2) is 5.54 Å². The lowest BCUT2D eigenvalue weighted by Crippen LogP contribution is -2.61. The standard InChI is InChI=1S/C13H15F3N2O3/c1-12(17,13(14,15)16)11(21)18-7-6-8-2-4-9(5-3-8)10(19)20/h2-5H,6-7,17H2,1H3,(H,18,21)(H,19,20). The molecule has 0 bridgehead atoms. The highest BCUT2D eigenvalue weighted by atomic mass is 19.4. The molecule has 0 heterocycles. The highest BCUT2D eigenvalue weighted by Gasteiger charge is 2.53. The van der Waals surface area contributed by atoms with E-state index in [4.69, 9.17) is 10.8 Å². The molecule has 0 radical (unpaired) electrons. The van der Waals surface area contributed by atoms with E-state index >= 15 is 0 Å². The topological polar surface area (TPSA) is 92.4 Å². The minimum Gasteiger partial charge on any atom is -0.478 e. The van der Waals surface area contributed by atoms with E-state index in [-0.39, 0.29) is 18.5 Å². The summed E-state index contributed by atoms with van der Waals surface area (Å²) in [5.41, 5.74) is 2.82. The van der Waals surface area contributed by atoms with Gasteiger partial charge >= 0.3 is 12.1 Å². The van der Waals surface area contributed by atoms with Crippen molar-refractivity contribution in [2.75, 3.05) is 6.54 Å². The Morgan fingerprint density at radius 2 is 1.76 bits per heavy atom. The molecule has 21 heavy (non-hydrogen) atoms. The van der Waals surface area contributed by atoms with Gasteiger partial charge in [0.1, 0.15) is 0 Å². The van der Waals surface area contributed by atoms with Crippen LogP contribution in [0.1, 0.15) is 22.8 Å². The van der Waals surface area contributed by atoms with Crippen LogP contribution in [0, 0.1) is 0 Å². The van der Waals surface area contributed by atoms with E-state index in [1.165, 1.54) is 24.3 Å². The lowest BCUT2D eigenvalue weighted by atomic mass is 10.0. The average Bonchev–Trinajstić information content (AvgIpc) is 2.37. The smallest absolute Gasteiger partial charge is 0.415 e. The molecule has 8 heteroatoms. The Bertz CT molecular complexity index is 524. The number of nitrogens with two attached hydrogens (primary N) is 1. The summed E-state index contributed by atoms with van der Waals surface area (Å²) in [5, 5.41) is 10.8. The van der Waals surface area contributed by atoms with Crippen LogP contribution in [0.25, 0.3) is 0 Å². The molecule has 5 nitrogen and oxygen atoms in total. The summed E-state index contributed by atoms with van der Waals surface area (Å²) in [4.78, 5) is 22.1. The molecule has 0 aromatic heterocycles. The van der Waals surface area contributed by atoms with Crippen molar-refractivity contribution < 1.29 is 27.9 Å². The summed E-state index contributed by atoms with van der Waals surface area (Å²) in [6, 6.07) is 5.81. The number of aromatic carboxylic acids is 1. The van der Waals surface area contributed by atoms with Crippen LogP contribution >= 0.6 is 0 Å². The van der Waals surface area contributed by atoms with E-state index in [1.54, 1.807) is 0 Å². The summed E-state index contributed by atoms with van der Waals surface area (Å²) in [6.45, 7) is 0.568. The van der Waals surface area contributed by atoms with Crippen LogP contribution < -0.4 is 11.1 Å². The molecule has 0 spiro atoms. The lowest BCUT2D eigenvalue weighted by Gasteiger charge is -2.26. The number of benzene rings is 1. The van der Waals surface area contributed by atoms with Gasteiger partial charge < -0.3 is 16.2 Å². The van der Waals surface area contributed by atoms with Crippen molar-refractivity contribution in [3.8, 4) is 0 Å². The third-order valence-electron chi connectivity index (χ3n) is 2.96. The molecule has 1 amide bonds. The Kier molecular flexibility index (Phi) is 4.95. The number of rotatable bonds is 5. The summed E-state index contributed by atoms with van der Waals surface area (Å²) in [7, 11) is 0. The van der Waals surface area contributed by atoms with E-state index in [9.17, 15) is 22.8 Å². The van der Waals surface area contributed by atoms with Gasteiger partial charge in [0.05, 0.1) is 5.56 Å². The van der Waals surface area contributed by atoms with Crippen LogP contribution in [0.2, 0.25) is 0 Å². The Morgan fingerprint density at radius 3 is 2.19 bits per heavy atom. The molecule has 0 saturated heterocycles. The minimum atomic E-state index is -4.83. The van der Waals surface area contributed by atoms with Gasteiger partial charge in [0.2, 0.25) is 5.91 Å². The van der Waals surface area contributed by atoms with Crippen LogP contribution in [-0.4, -0.2) is 35.2 Å². The van der Waals surface area contributed by atoms with Crippen molar-refractivity contribution in [1.29, 1.82) is 0 Å². The molecule has 1 rings (SSSR count). The summed E-state index contributed by atoms with van der Waals surface area (Å²) in [6.07, 6.45) is -4.57. The van der Waals surface area contributed by atoms with Crippen LogP contribution in [0.5, 0.6) is 0 Å². The first-order chi connectivity index (χ1) is 9.55. The van der Waals surface area contributed by atoms with Crippen molar-refractivity contribution in [2.45, 2.75) is 25.1 Å². The molecule has 0 fully saturated rings. The maximum atomic E-state index is 12.5. The Labute approximate surface area is 118 Å². The molecule has 116 valence electrons. The number of carboxylic acids is 1. The number of carbonyl (C=O) groups is 2. The fourth-order valence-corrected chi connectivity index (χ4v) is 1.45. The van der Waals surface area contributed by atoms with Gasteiger partial charge in [-0.2, -0.15) is 13.2 Å². The largest absolute Gasteiger partial charge is 0.478 e. The molecule has 1 unspecified atom stereocenters. The van der Waals surface area contributed by atoms with Crippen LogP contribution in [-0.2, 0) is 11.2 Å². The number of carbonyl (C=O) groups excluding carboxylic acids is 1. The molecule has 4 N–H and O–H groups in total. The zero-order chi connectivity index (χ0) is 16.3. The number of alkyl halides is 3. The molecule has 1 aromatic rings. The molecule has 0 aliphatic carbocycles. The van der Waals surface area contributed by atoms with Crippen LogP contribution in [0.15, 0.2) is 24.3 Å². The lowest BCUT2D eigenvalue weighted by molar-refractivity contribution is -0.187. The van der Waals surface area contributed by atoms with Crippen molar-refractivity contribution in [1.82, 2.24) is 5.32 Å². The van der Waals surface area contributed by atoms with E-state index in [1.807, 2.05) is 0 Å². The molecule has 1 aromatic carbocycles. The van der Waals surface area contributed by atoms with Gasteiger partial charge in [0.25, 0.3) is 0 Å². The third-order valence-corrected chi connectivity index (χ3v) is 2.96. The molecule has 1 atom stereocenters. The first-order valence-corrected chi connectivity index (χ1v) is 6.02. The van der Waals surface area contributed by atoms with Gasteiger partial charge in [-0.25, -0.2) is 4.79 Å². The molecule has 0 saturated carbocycles. The van der Waals surface area contributed by atoms with Gasteiger partial charge in [-0.1, -0.05) is 12.1 Å². The van der Waals surface area contributed by atoms with E-state index < -0.39 is 23.6 Å². The van der Waals surface area contributed by atoms with Gasteiger partial charge in [-0.05, 0) is 31.0 Å². The summed E-state index contributed by atoms with van der Waals surface area (Å²) >= 11 is 0. The Balaban J connectivity index is 2.54. The molecule has 0 aliphatic heterocycles. The van der Waals surface area contributed by atoms with E-state index in [0.717, 1.165) is 0 Å². The SMILES string of the molecule is CC(N)(C(=O)NCCc1ccc(C(=O)O)cc1)C(F)(F)F. The maximum absolute atomic E-state index is 12.5. The number of nitrogens with one attached hydrogen (secondary N) is 1. The quantitative estimate of drug-likeness (QED) is 0.765. The second-order valence-corrected chi connectivity index (χ2v) is 4.71. The molecular formula is C13H15F3N2O3. The van der Waals surface area contributed by atoms with Crippen LogP contribution in [0.3, 0.4) is 0 Å².